The highest BCUT2D eigenvalue weighted by molar-refractivity contribution is 6.33. The largest absolute Gasteiger partial charge is 0.496 e. The molecule has 1 aliphatic rings. The van der Waals surface area contributed by atoms with Crippen molar-refractivity contribution in [2.24, 2.45) is 0 Å². The molecule has 1 aromatic carbocycles. The van der Waals surface area contributed by atoms with Crippen molar-refractivity contribution in [3.8, 4) is 5.75 Å². The van der Waals surface area contributed by atoms with E-state index in [9.17, 15) is 9.90 Å². The third kappa shape index (κ3) is 2.61. The molecule has 1 fully saturated rings. The summed E-state index contributed by atoms with van der Waals surface area (Å²) in [4.78, 5) is 12.0. The van der Waals surface area contributed by atoms with Crippen LogP contribution in [0.4, 0.5) is 0 Å². The molecule has 2 rings (SSSR count). The number of aliphatic carboxylic acids is 1. The number of alkyl halides is 1. The van der Waals surface area contributed by atoms with Crippen LogP contribution in [0.15, 0.2) is 24.3 Å². The molecule has 0 radical (unpaired) electrons. The second-order valence-corrected chi connectivity index (χ2v) is 6.37. The molecule has 2 unspecified atom stereocenters. The zero-order valence-corrected chi connectivity index (χ0v) is 13.4. The number of carboxylic acid groups (broad SMARTS) is 1. The molecule has 0 amide bonds. The Labute approximate surface area is 129 Å². The third-order valence-electron chi connectivity index (χ3n) is 4.00. The molecule has 2 N–H and O–H groups in total. The van der Waals surface area contributed by atoms with Gasteiger partial charge in [-0.05, 0) is 26.8 Å². The van der Waals surface area contributed by atoms with Gasteiger partial charge in [0.25, 0.3) is 0 Å². The molecule has 1 aromatic rings. The topological polar surface area (TPSA) is 61.8 Å². The smallest absolute Gasteiger partial charge is 0.340 e. The molecule has 0 aliphatic carbocycles. The van der Waals surface area contributed by atoms with Crippen LogP contribution in [-0.4, -0.2) is 40.7 Å². The number of rotatable bonds is 4. The molecule has 2 atom stereocenters. The lowest BCUT2D eigenvalue weighted by atomic mass is 9.98. The third-order valence-corrected chi connectivity index (χ3v) is 4.37. The Morgan fingerprint density at radius 2 is 2.10 bits per heavy atom. The van der Waals surface area contributed by atoms with Crippen molar-refractivity contribution in [2.75, 3.05) is 13.7 Å². The van der Waals surface area contributed by atoms with Crippen molar-refractivity contribution in [3.63, 3.8) is 0 Å². The van der Waals surface area contributed by atoms with E-state index in [4.69, 9.17) is 16.3 Å². The number of ether oxygens (including phenoxy) is 1. The van der Waals surface area contributed by atoms with Crippen molar-refractivity contribution < 1.29 is 14.6 Å². The summed E-state index contributed by atoms with van der Waals surface area (Å²) in [5, 5.41) is 12.5. The first-order chi connectivity index (χ1) is 9.74. The summed E-state index contributed by atoms with van der Waals surface area (Å²) < 4.78 is 5.42. The normalized spacial score (nSPS) is 29.8. The fourth-order valence-electron chi connectivity index (χ4n) is 2.98. The van der Waals surface area contributed by atoms with E-state index in [0.717, 1.165) is 5.56 Å². The summed E-state index contributed by atoms with van der Waals surface area (Å²) in [7, 11) is 1.60. The maximum absolute atomic E-state index is 11.5. The predicted molar refractivity (Wildman–Crippen MR) is 81.5 cm³/mol. The maximum atomic E-state index is 11.5. The van der Waals surface area contributed by atoms with Crippen molar-refractivity contribution in [1.29, 1.82) is 0 Å². The summed E-state index contributed by atoms with van der Waals surface area (Å²) in [6.07, 6.45) is 0. The molecule has 6 heteroatoms. The molecule has 116 valence electrons. The number of halogens is 1. The highest BCUT2D eigenvalue weighted by Crippen LogP contribution is 2.41. The molecule has 0 bridgehead atoms. The van der Waals surface area contributed by atoms with E-state index >= 15 is 0 Å². The Bertz CT molecular complexity index is 551. The lowest BCUT2D eigenvalue weighted by molar-refractivity contribution is -0.140. The number of hydrogen-bond donors (Lipinski definition) is 2. The van der Waals surface area contributed by atoms with Gasteiger partial charge in [0.15, 0.2) is 0 Å². The Hall–Kier alpha value is -1.30. The molecule has 1 aliphatic heterocycles. The lowest BCUT2D eigenvalue weighted by Crippen LogP contribution is -2.52. The Kier molecular flexibility index (Phi) is 4.19. The van der Waals surface area contributed by atoms with E-state index in [0.29, 0.717) is 5.75 Å². The van der Waals surface area contributed by atoms with Crippen LogP contribution in [0.25, 0.3) is 0 Å². The first-order valence-corrected chi connectivity index (χ1v) is 7.24. The number of para-hydroxylation sites is 1. The Morgan fingerprint density at radius 3 is 2.62 bits per heavy atom. The van der Waals surface area contributed by atoms with Crippen molar-refractivity contribution >= 4 is 17.6 Å². The SMILES string of the molecule is COc1ccccc1C1(C)NC(Cl)(C(=O)O)CN1C(C)C. The number of benzene rings is 1. The van der Waals surface area contributed by atoms with Gasteiger partial charge in [-0.2, -0.15) is 0 Å². The van der Waals surface area contributed by atoms with Gasteiger partial charge in [-0.1, -0.05) is 29.8 Å². The molecule has 0 spiro atoms. The Morgan fingerprint density at radius 1 is 1.48 bits per heavy atom. The minimum atomic E-state index is -1.51. The van der Waals surface area contributed by atoms with Crippen molar-refractivity contribution in [1.82, 2.24) is 10.2 Å². The number of nitrogens with one attached hydrogen (secondary N) is 1. The monoisotopic (exact) mass is 312 g/mol. The summed E-state index contributed by atoms with van der Waals surface area (Å²) in [6, 6.07) is 7.68. The zero-order chi connectivity index (χ0) is 15.8. The van der Waals surface area contributed by atoms with E-state index < -0.39 is 16.6 Å². The minimum Gasteiger partial charge on any atom is -0.496 e. The van der Waals surface area contributed by atoms with Crippen LogP contribution < -0.4 is 10.1 Å². The number of nitrogens with zero attached hydrogens (tertiary/aromatic N) is 1. The van der Waals surface area contributed by atoms with Crippen molar-refractivity contribution in [2.45, 2.75) is 37.5 Å². The summed E-state index contributed by atoms with van der Waals surface area (Å²) in [5.74, 6) is -0.377. The van der Waals surface area contributed by atoms with Crippen LogP contribution >= 0.6 is 11.6 Å². The van der Waals surface area contributed by atoms with Gasteiger partial charge < -0.3 is 9.84 Å². The lowest BCUT2D eigenvalue weighted by Gasteiger charge is -2.38. The number of methoxy groups -OCH3 is 1. The van der Waals surface area contributed by atoms with Gasteiger partial charge in [0, 0.05) is 18.2 Å². The number of carboxylic acids is 1. The molecular weight excluding hydrogens is 292 g/mol. The number of hydrogen-bond acceptors (Lipinski definition) is 4. The van der Waals surface area contributed by atoms with Gasteiger partial charge in [-0.15, -0.1) is 0 Å². The molecule has 5 nitrogen and oxygen atoms in total. The average molecular weight is 313 g/mol. The highest BCUT2D eigenvalue weighted by Gasteiger charge is 2.55. The van der Waals surface area contributed by atoms with Crippen LogP contribution in [0, 0.1) is 0 Å². The highest BCUT2D eigenvalue weighted by atomic mass is 35.5. The molecule has 0 aromatic heterocycles. The van der Waals surface area contributed by atoms with E-state index in [1.54, 1.807) is 7.11 Å². The van der Waals surface area contributed by atoms with Gasteiger partial charge in [0.1, 0.15) is 11.4 Å². The van der Waals surface area contributed by atoms with Crippen LogP contribution in [0.5, 0.6) is 5.75 Å². The molecular formula is C15H21ClN2O3. The second-order valence-electron chi connectivity index (χ2n) is 5.73. The van der Waals surface area contributed by atoms with Crippen LogP contribution in [0.3, 0.4) is 0 Å². The van der Waals surface area contributed by atoms with Gasteiger partial charge in [0.05, 0.1) is 7.11 Å². The standard InChI is InChI=1S/C15H21ClN2O3/c1-10(2)18-9-15(16,13(19)20)17-14(18,3)11-7-5-6-8-12(11)21-4/h5-8,10,17H,9H2,1-4H3,(H,19,20). The van der Waals surface area contributed by atoms with Crippen LogP contribution in [-0.2, 0) is 10.5 Å². The van der Waals surface area contributed by atoms with Crippen molar-refractivity contribution in [3.05, 3.63) is 29.8 Å². The predicted octanol–water partition coefficient (Wildman–Crippen LogP) is 2.20. The molecule has 21 heavy (non-hydrogen) atoms. The van der Waals surface area contributed by atoms with E-state index in [1.807, 2.05) is 49.9 Å². The van der Waals surface area contributed by atoms with Gasteiger partial charge in [-0.25, -0.2) is 4.79 Å². The maximum Gasteiger partial charge on any atom is 0.340 e. The molecule has 1 saturated heterocycles. The summed E-state index contributed by atoms with van der Waals surface area (Å²) in [6.45, 7) is 6.16. The van der Waals surface area contributed by atoms with Gasteiger partial charge in [-0.3, -0.25) is 10.2 Å². The fraction of sp³-hybridized carbons (Fsp3) is 0.533. The first kappa shape index (κ1) is 16.1. The average Bonchev–Trinajstić information content (AvgIpc) is 2.73. The van der Waals surface area contributed by atoms with Crippen LogP contribution in [0.1, 0.15) is 26.3 Å². The molecule has 0 saturated carbocycles. The summed E-state index contributed by atoms with van der Waals surface area (Å²) in [5.41, 5.74) is 0.144. The second kappa shape index (κ2) is 5.48. The minimum absolute atomic E-state index is 0.118. The van der Waals surface area contributed by atoms with E-state index in [2.05, 4.69) is 5.32 Å². The van der Waals surface area contributed by atoms with Gasteiger partial charge in [0.2, 0.25) is 5.00 Å². The van der Waals surface area contributed by atoms with E-state index in [1.165, 1.54) is 0 Å². The van der Waals surface area contributed by atoms with Crippen LogP contribution in [0.2, 0.25) is 0 Å². The zero-order valence-electron chi connectivity index (χ0n) is 12.7. The Balaban J connectivity index is 2.54. The fourth-order valence-corrected chi connectivity index (χ4v) is 3.29. The quantitative estimate of drug-likeness (QED) is 0.659. The van der Waals surface area contributed by atoms with Gasteiger partial charge >= 0.3 is 5.97 Å². The first-order valence-electron chi connectivity index (χ1n) is 6.86. The number of carbonyl (C=O) groups is 1. The molecule has 1 heterocycles. The van der Waals surface area contributed by atoms with E-state index in [-0.39, 0.29) is 12.6 Å². The summed E-state index contributed by atoms with van der Waals surface area (Å²) >= 11 is 6.28.